The molecule has 0 bridgehead atoms. The zero-order valence-corrected chi connectivity index (χ0v) is 11.4. The van der Waals surface area contributed by atoms with Gasteiger partial charge in [-0.25, -0.2) is 0 Å². The molecule has 1 aromatic carbocycles. The van der Waals surface area contributed by atoms with Gasteiger partial charge in [0.25, 0.3) is 0 Å². The number of aliphatic carboxylic acids is 1. The molecule has 0 heterocycles. The van der Waals surface area contributed by atoms with E-state index in [9.17, 15) is 4.79 Å². The zero-order valence-electron chi connectivity index (χ0n) is 11.4. The van der Waals surface area contributed by atoms with Crippen LogP contribution in [0.25, 0.3) is 0 Å². The van der Waals surface area contributed by atoms with Crippen molar-refractivity contribution in [1.29, 1.82) is 0 Å². The highest BCUT2D eigenvalue weighted by Gasteiger charge is 2.15. The summed E-state index contributed by atoms with van der Waals surface area (Å²) in [6.07, 6.45) is 1.44. The molecule has 0 atom stereocenters. The monoisotopic (exact) mass is 252 g/mol. The predicted molar refractivity (Wildman–Crippen MR) is 69.6 cm³/mol. The summed E-state index contributed by atoms with van der Waals surface area (Å²) in [6.45, 7) is 3.97. The lowest BCUT2D eigenvalue weighted by molar-refractivity contribution is -0.137. The smallest absolute Gasteiger partial charge is 0.303 e. The van der Waals surface area contributed by atoms with Gasteiger partial charge in [0.15, 0.2) is 11.5 Å². The summed E-state index contributed by atoms with van der Waals surface area (Å²) in [5, 5.41) is 8.68. The summed E-state index contributed by atoms with van der Waals surface area (Å²) in [5.41, 5.74) is 3.16. The van der Waals surface area contributed by atoms with Gasteiger partial charge in [-0.2, -0.15) is 0 Å². The molecule has 0 saturated heterocycles. The summed E-state index contributed by atoms with van der Waals surface area (Å²) in [5.74, 6) is 0.680. The third-order valence-electron chi connectivity index (χ3n) is 2.97. The van der Waals surface area contributed by atoms with E-state index in [-0.39, 0.29) is 6.42 Å². The molecule has 4 heteroatoms. The predicted octanol–water partition coefficient (Wildman–Crippen LogP) is 2.73. The molecule has 1 aromatic rings. The summed E-state index contributed by atoms with van der Waals surface area (Å²) in [6, 6.07) is 2.04. The van der Waals surface area contributed by atoms with E-state index >= 15 is 0 Å². The number of methoxy groups -OCH3 is 2. The van der Waals surface area contributed by atoms with E-state index in [0.717, 1.165) is 28.2 Å². The number of ether oxygens (including phenoxy) is 2. The van der Waals surface area contributed by atoms with Crippen molar-refractivity contribution in [2.75, 3.05) is 14.2 Å². The highest BCUT2D eigenvalue weighted by molar-refractivity contribution is 5.66. The van der Waals surface area contributed by atoms with Crippen LogP contribution in [-0.2, 0) is 11.2 Å². The van der Waals surface area contributed by atoms with Crippen LogP contribution in [0.2, 0.25) is 0 Å². The Kier molecular flexibility index (Phi) is 5.01. The first kappa shape index (κ1) is 14.4. The second-order valence-electron chi connectivity index (χ2n) is 4.30. The summed E-state index contributed by atoms with van der Waals surface area (Å²) in [4.78, 5) is 10.6. The zero-order chi connectivity index (χ0) is 13.7. The van der Waals surface area contributed by atoms with Crippen molar-refractivity contribution >= 4 is 5.97 Å². The minimum atomic E-state index is -0.773. The molecule has 0 radical (unpaired) electrons. The Labute approximate surface area is 108 Å². The lowest BCUT2D eigenvalue weighted by Crippen LogP contribution is -2.02. The van der Waals surface area contributed by atoms with E-state index < -0.39 is 5.97 Å². The van der Waals surface area contributed by atoms with Gasteiger partial charge in [0.05, 0.1) is 14.2 Å². The van der Waals surface area contributed by atoms with Gasteiger partial charge in [0.2, 0.25) is 0 Å². The quantitative estimate of drug-likeness (QED) is 0.845. The van der Waals surface area contributed by atoms with Crippen LogP contribution in [0, 0.1) is 13.8 Å². The molecular weight excluding hydrogens is 232 g/mol. The molecular formula is C14H20O4. The van der Waals surface area contributed by atoms with Crippen LogP contribution in [-0.4, -0.2) is 25.3 Å². The first-order chi connectivity index (χ1) is 8.51. The lowest BCUT2D eigenvalue weighted by atomic mass is 9.98. The maximum Gasteiger partial charge on any atom is 0.303 e. The highest BCUT2D eigenvalue weighted by Crippen LogP contribution is 2.37. The standard InChI is InChI=1S/C14H20O4/c1-9-8-10(2)13(17-3)14(18-4)11(9)6-5-7-12(15)16/h8H,5-7H2,1-4H3,(H,15,16). The third kappa shape index (κ3) is 3.15. The average Bonchev–Trinajstić information content (AvgIpc) is 2.30. The molecule has 0 aromatic heterocycles. The SMILES string of the molecule is COc1c(C)cc(C)c(CCCC(=O)O)c1OC. The van der Waals surface area contributed by atoms with E-state index in [2.05, 4.69) is 0 Å². The number of hydrogen-bond donors (Lipinski definition) is 1. The van der Waals surface area contributed by atoms with Crippen LogP contribution in [0.1, 0.15) is 29.5 Å². The van der Waals surface area contributed by atoms with Crippen molar-refractivity contribution in [1.82, 2.24) is 0 Å². The fourth-order valence-electron chi connectivity index (χ4n) is 2.17. The van der Waals surface area contributed by atoms with E-state index in [4.69, 9.17) is 14.6 Å². The Bertz CT molecular complexity index is 438. The van der Waals surface area contributed by atoms with Crippen molar-refractivity contribution in [3.8, 4) is 11.5 Å². The van der Waals surface area contributed by atoms with Gasteiger partial charge in [-0.1, -0.05) is 6.07 Å². The van der Waals surface area contributed by atoms with Crippen LogP contribution < -0.4 is 9.47 Å². The largest absolute Gasteiger partial charge is 0.493 e. The first-order valence-corrected chi connectivity index (χ1v) is 5.94. The molecule has 0 fully saturated rings. The van der Waals surface area contributed by atoms with E-state index in [1.54, 1.807) is 14.2 Å². The number of benzene rings is 1. The van der Waals surface area contributed by atoms with Crippen molar-refractivity contribution in [2.45, 2.75) is 33.1 Å². The molecule has 0 unspecified atom stereocenters. The maximum absolute atomic E-state index is 10.6. The van der Waals surface area contributed by atoms with E-state index in [1.807, 2.05) is 19.9 Å². The van der Waals surface area contributed by atoms with Crippen LogP contribution in [0.15, 0.2) is 6.07 Å². The number of carboxylic acid groups (broad SMARTS) is 1. The fraction of sp³-hybridized carbons (Fsp3) is 0.500. The average molecular weight is 252 g/mol. The van der Waals surface area contributed by atoms with Crippen molar-refractivity contribution in [3.63, 3.8) is 0 Å². The van der Waals surface area contributed by atoms with Crippen LogP contribution in [0.5, 0.6) is 11.5 Å². The third-order valence-corrected chi connectivity index (χ3v) is 2.97. The number of rotatable bonds is 6. The molecule has 0 aliphatic carbocycles. The molecule has 18 heavy (non-hydrogen) atoms. The number of carboxylic acids is 1. The lowest BCUT2D eigenvalue weighted by Gasteiger charge is -2.17. The Morgan fingerprint density at radius 3 is 2.28 bits per heavy atom. The van der Waals surface area contributed by atoms with Crippen molar-refractivity contribution in [2.24, 2.45) is 0 Å². The summed E-state index contributed by atoms with van der Waals surface area (Å²) < 4.78 is 10.8. The van der Waals surface area contributed by atoms with Gasteiger partial charge in [-0.3, -0.25) is 4.79 Å². The molecule has 0 spiro atoms. The second kappa shape index (κ2) is 6.28. The Balaban J connectivity index is 3.05. The Morgan fingerprint density at radius 1 is 1.17 bits per heavy atom. The molecule has 0 aliphatic heterocycles. The fourth-order valence-corrected chi connectivity index (χ4v) is 2.17. The maximum atomic E-state index is 10.6. The van der Waals surface area contributed by atoms with Gasteiger partial charge in [0, 0.05) is 12.0 Å². The van der Waals surface area contributed by atoms with Crippen LogP contribution >= 0.6 is 0 Å². The second-order valence-corrected chi connectivity index (χ2v) is 4.30. The topological polar surface area (TPSA) is 55.8 Å². The van der Waals surface area contributed by atoms with Gasteiger partial charge in [-0.05, 0) is 37.8 Å². The molecule has 100 valence electrons. The molecule has 4 nitrogen and oxygen atoms in total. The van der Waals surface area contributed by atoms with Gasteiger partial charge >= 0.3 is 5.97 Å². The molecule has 0 saturated carbocycles. The minimum Gasteiger partial charge on any atom is -0.493 e. The van der Waals surface area contributed by atoms with Gasteiger partial charge < -0.3 is 14.6 Å². The number of carbonyl (C=O) groups is 1. The number of hydrogen-bond acceptors (Lipinski definition) is 3. The molecule has 1 N–H and O–H groups in total. The minimum absolute atomic E-state index is 0.165. The normalized spacial score (nSPS) is 10.2. The van der Waals surface area contributed by atoms with Crippen molar-refractivity contribution < 1.29 is 19.4 Å². The van der Waals surface area contributed by atoms with E-state index in [0.29, 0.717) is 12.8 Å². The van der Waals surface area contributed by atoms with Crippen LogP contribution in [0.3, 0.4) is 0 Å². The number of aryl methyl sites for hydroxylation is 2. The van der Waals surface area contributed by atoms with Gasteiger partial charge in [0.1, 0.15) is 0 Å². The van der Waals surface area contributed by atoms with E-state index in [1.165, 1.54) is 0 Å². The first-order valence-electron chi connectivity index (χ1n) is 5.94. The summed E-state index contributed by atoms with van der Waals surface area (Å²) >= 11 is 0. The Morgan fingerprint density at radius 2 is 1.78 bits per heavy atom. The highest BCUT2D eigenvalue weighted by atomic mass is 16.5. The molecule has 0 amide bonds. The Hall–Kier alpha value is -1.71. The van der Waals surface area contributed by atoms with Crippen molar-refractivity contribution in [3.05, 3.63) is 22.8 Å². The molecule has 0 aliphatic rings. The van der Waals surface area contributed by atoms with Crippen LogP contribution in [0.4, 0.5) is 0 Å². The summed E-state index contributed by atoms with van der Waals surface area (Å²) in [7, 11) is 3.22. The molecule has 1 rings (SSSR count). The van der Waals surface area contributed by atoms with Gasteiger partial charge in [-0.15, -0.1) is 0 Å².